The lowest BCUT2D eigenvalue weighted by molar-refractivity contribution is -0.118. The zero-order chi connectivity index (χ0) is 19.8. The van der Waals surface area contributed by atoms with Gasteiger partial charge in [-0.1, -0.05) is 41.9 Å². The lowest BCUT2D eigenvalue weighted by Gasteiger charge is -2.13. The molecule has 144 valence electrons. The normalized spacial score (nSPS) is 11.6. The van der Waals surface area contributed by atoms with Gasteiger partial charge >= 0.3 is 0 Å². The van der Waals surface area contributed by atoms with E-state index in [-0.39, 0.29) is 12.5 Å². The lowest BCUT2D eigenvalue weighted by atomic mass is 10.2. The highest BCUT2D eigenvalue weighted by Gasteiger charge is 2.14. The average molecular weight is 397 g/mol. The SMILES string of the molecule is NC(COCc1ccccc1)C(=O)Nc1ccc(Oc2ccc(Cl)cc2)cc1. The van der Waals surface area contributed by atoms with Crippen LogP contribution in [0.3, 0.4) is 0 Å². The fourth-order valence-corrected chi connectivity index (χ4v) is 2.56. The van der Waals surface area contributed by atoms with E-state index in [0.717, 1.165) is 5.56 Å². The van der Waals surface area contributed by atoms with Crippen LogP contribution in [0.4, 0.5) is 5.69 Å². The molecule has 1 unspecified atom stereocenters. The van der Waals surface area contributed by atoms with Gasteiger partial charge in [-0.2, -0.15) is 0 Å². The maximum absolute atomic E-state index is 12.2. The van der Waals surface area contributed by atoms with Crippen LogP contribution in [0.2, 0.25) is 5.02 Å². The first-order valence-electron chi connectivity index (χ1n) is 8.82. The number of hydrogen-bond donors (Lipinski definition) is 2. The molecule has 0 saturated carbocycles. The molecule has 3 aromatic carbocycles. The summed E-state index contributed by atoms with van der Waals surface area (Å²) in [5, 5.41) is 3.42. The Morgan fingerprint density at radius 3 is 2.18 bits per heavy atom. The van der Waals surface area contributed by atoms with Gasteiger partial charge in [0.25, 0.3) is 0 Å². The molecule has 1 amide bonds. The minimum Gasteiger partial charge on any atom is -0.457 e. The molecule has 3 aromatic rings. The Labute approximate surface area is 169 Å². The molecule has 28 heavy (non-hydrogen) atoms. The van der Waals surface area contributed by atoms with Crippen LogP contribution in [-0.2, 0) is 16.1 Å². The van der Waals surface area contributed by atoms with E-state index in [1.54, 1.807) is 48.5 Å². The molecule has 0 fully saturated rings. The number of halogens is 1. The van der Waals surface area contributed by atoms with Crippen LogP contribution in [0.1, 0.15) is 5.56 Å². The summed E-state index contributed by atoms with van der Waals surface area (Å²) in [6.45, 7) is 0.553. The first kappa shape index (κ1) is 19.9. The van der Waals surface area contributed by atoms with Gasteiger partial charge in [-0.3, -0.25) is 4.79 Å². The van der Waals surface area contributed by atoms with E-state index in [9.17, 15) is 4.79 Å². The summed E-state index contributed by atoms with van der Waals surface area (Å²) < 4.78 is 11.2. The molecule has 0 aliphatic heterocycles. The van der Waals surface area contributed by atoms with E-state index < -0.39 is 6.04 Å². The third kappa shape index (κ3) is 6.09. The maximum atomic E-state index is 12.2. The average Bonchev–Trinajstić information content (AvgIpc) is 2.72. The second kappa shape index (κ2) is 9.90. The van der Waals surface area contributed by atoms with Crippen molar-refractivity contribution in [3.05, 3.63) is 89.4 Å². The highest BCUT2D eigenvalue weighted by atomic mass is 35.5. The molecule has 1 atom stereocenters. The molecule has 0 heterocycles. The summed E-state index contributed by atoms with van der Waals surface area (Å²) >= 11 is 5.86. The van der Waals surface area contributed by atoms with Crippen LogP contribution < -0.4 is 15.8 Å². The number of nitrogens with one attached hydrogen (secondary N) is 1. The fraction of sp³-hybridized carbons (Fsp3) is 0.136. The molecular formula is C22H21ClN2O3. The number of hydrogen-bond acceptors (Lipinski definition) is 4. The predicted molar refractivity (Wildman–Crippen MR) is 111 cm³/mol. The Kier molecular flexibility index (Phi) is 7.03. The summed E-state index contributed by atoms with van der Waals surface area (Å²) in [5.74, 6) is 1.02. The van der Waals surface area contributed by atoms with Crippen molar-refractivity contribution in [1.82, 2.24) is 0 Å². The van der Waals surface area contributed by atoms with Gasteiger partial charge in [-0.05, 0) is 54.1 Å². The molecule has 0 spiro atoms. The second-order valence-electron chi connectivity index (χ2n) is 6.18. The van der Waals surface area contributed by atoms with Gasteiger partial charge in [-0.15, -0.1) is 0 Å². The van der Waals surface area contributed by atoms with Gasteiger partial charge in [0.05, 0.1) is 13.2 Å². The van der Waals surface area contributed by atoms with Crippen molar-refractivity contribution >= 4 is 23.2 Å². The highest BCUT2D eigenvalue weighted by Crippen LogP contribution is 2.24. The number of anilines is 1. The van der Waals surface area contributed by atoms with Crippen molar-refractivity contribution < 1.29 is 14.3 Å². The van der Waals surface area contributed by atoms with Crippen molar-refractivity contribution in [2.24, 2.45) is 5.73 Å². The number of carbonyl (C=O) groups is 1. The molecule has 6 heteroatoms. The summed E-state index contributed by atoms with van der Waals surface area (Å²) in [7, 11) is 0. The van der Waals surface area contributed by atoms with E-state index in [4.69, 9.17) is 26.8 Å². The summed E-state index contributed by atoms with van der Waals surface area (Å²) in [6.07, 6.45) is 0. The summed E-state index contributed by atoms with van der Waals surface area (Å²) in [4.78, 5) is 12.2. The Hall–Kier alpha value is -2.86. The topological polar surface area (TPSA) is 73.6 Å². The monoisotopic (exact) mass is 396 g/mol. The van der Waals surface area contributed by atoms with Crippen molar-refractivity contribution in [3.8, 4) is 11.5 Å². The minimum absolute atomic E-state index is 0.137. The number of ether oxygens (including phenoxy) is 2. The van der Waals surface area contributed by atoms with Gasteiger partial charge in [0.1, 0.15) is 17.5 Å². The lowest BCUT2D eigenvalue weighted by Crippen LogP contribution is -2.39. The molecule has 5 nitrogen and oxygen atoms in total. The van der Waals surface area contributed by atoms with Crippen molar-refractivity contribution in [2.75, 3.05) is 11.9 Å². The first-order valence-corrected chi connectivity index (χ1v) is 9.19. The zero-order valence-corrected chi connectivity index (χ0v) is 15.9. The molecular weight excluding hydrogens is 376 g/mol. The quantitative estimate of drug-likeness (QED) is 0.583. The van der Waals surface area contributed by atoms with E-state index in [1.807, 2.05) is 30.3 Å². The summed E-state index contributed by atoms with van der Waals surface area (Å²) in [5.41, 5.74) is 7.57. The van der Waals surface area contributed by atoms with Gasteiger partial charge in [-0.25, -0.2) is 0 Å². The first-order chi connectivity index (χ1) is 13.6. The third-order valence-corrected chi connectivity index (χ3v) is 4.17. The van der Waals surface area contributed by atoms with E-state index in [1.165, 1.54) is 0 Å². The van der Waals surface area contributed by atoms with Crippen molar-refractivity contribution in [2.45, 2.75) is 12.6 Å². The zero-order valence-electron chi connectivity index (χ0n) is 15.2. The van der Waals surface area contributed by atoms with Crippen molar-refractivity contribution in [1.29, 1.82) is 0 Å². The molecule has 3 rings (SSSR count). The highest BCUT2D eigenvalue weighted by molar-refractivity contribution is 6.30. The second-order valence-corrected chi connectivity index (χ2v) is 6.61. The molecule has 0 aliphatic carbocycles. The smallest absolute Gasteiger partial charge is 0.243 e. The maximum Gasteiger partial charge on any atom is 0.243 e. The largest absolute Gasteiger partial charge is 0.457 e. The van der Waals surface area contributed by atoms with Crippen LogP contribution >= 0.6 is 11.6 Å². The van der Waals surface area contributed by atoms with Crippen molar-refractivity contribution in [3.63, 3.8) is 0 Å². The molecule has 0 aliphatic rings. The Bertz CT molecular complexity index is 884. The van der Waals surface area contributed by atoms with Gasteiger partial charge in [0, 0.05) is 10.7 Å². The van der Waals surface area contributed by atoms with E-state index in [0.29, 0.717) is 28.8 Å². The van der Waals surface area contributed by atoms with Crippen LogP contribution in [0.15, 0.2) is 78.9 Å². The van der Waals surface area contributed by atoms with E-state index >= 15 is 0 Å². The summed E-state index contributed by atoms with van der Waals surface area (Å²) in [6, 6.07) is 23.1. The Morgan fingerprint density at radius 1 is 0.929 bits per heavy atom. The van der Waals surface area contributed by atoms with Crippen LogP contribution in [0, 0.1) is 0 Å². The number of carbonyl (C=O) groups excluding carboxylic acids is 1. The number of benzene rings is 3. The van der Waals surface area contributed by atoms with Gasteiger partial charge in [0.15, 0.2) is 0 Å². The third-order valence-electron chi connectivity index (χ3n) is 3.92. The molecule has 0 saturated heterocycles. The van der Waals surface area contributed by atoms with E-state index in [2.05, 4.69) is 5.32 Å². The van der Waals surface area contributed by atoms with Gasteiger partial charge in [0.2, 0.25) is 5.91 Å². The minimum atomic E-state index is -0.756. The number of rotatable bonds is 8. The predicted octanol–water partition coefficient (Wildman–Crippen LogP) is 4.61. The van der Waals surface area contributed by atoms with Crippen LogP contribution in [0.25, 0.3) is 0 Å². The van der Waals surface area contributed by atoms with Crippen LogP contribution in [-0.4, -0.2) is 18.6 Å². The Balaban J connectivity index is 1.46. The molecule has 0 bridgehead atoms. The fourth-order valence-electron chi connectivity index (χ4n) is 2.43. The number of amides is 1. The van der Waals surface area contributed by atoms with Crippen LogP contribution in [0.5, 0.6) is 11.5 Å². The Morgan fingerprint density at radius 2 is 1.54 bits per heavy atom. The molecule has 0 radical (unpaired) electrons. The van der Waals surface area contributed by atoms with Gasteiger partial charge < -0.3 is 20.5 Å². The molecule has 3 N–H and O–H groups in total. The number of nitrogens with two attached hydrogens (primary N) is 1. The standard InChI is InChI=1S/C22H21ClN2O3/c23-17-6-10-19(11-7-17)28-20-12-8-18(9-13-20)25-22(26)21(24)15-27-14-16-4-2-1-3-5-16/h1-13,21H,14-15,24H2,(H,25,26). The molecule has 0 aromatic heterocycles.